The normalized spacial score (nSPS) is 12.9. The van der Waals surface area contributed by atoms with Crippen molar-refractivity contribution in [3.05, 3.63) is 50.3 Å². The van der Waals surface area contributed by atoms with Gasteiger partial charge in [0.1, 0.15) is 16.8 Å². The highest BCUT2D eigenvalue weighted by Crippen LogP contribution is 2.37. The lowest BCUT2D eigenvalue weighted by Gasteiger charge is -2.25. The Hall–Kier alpha value is -2.83. The predicted molar refractivity (Wildman–Crippen MR) is 119 cm³/mol. The summed E-state index contributed by atoms with van der Waals surface area (Å²) in [5.74, 6) is 0.292. The van der Waals surface area contributed by atoms with Crippen LogP contribution in [0.4, 0.5) is 9.80 Å². The first-order valence-corrected chi connectivity index (χ1v) is 10.9. The number of rotatable bonds is 5. The smallest absolute Gasteiger partial charge is 0.410 e. The molecule has 2 heterocycles. The molecule has 1 aliphatic rings. The molecule has 1 aromatic carbocycles. The number of carbonyl (C=O) groups is 2. The summed E-state index contributed by atoms with van der Waals surface area (Å²) in [4.78, 5) is 27.0. The molecule has 30 heavy (non-hydrogen) atoms. The van der Waals surface area contributed by atoms with Crippen LogP contribution in [0.2, 0.25) is 0 Å². The molecule has 2 aromatic rings. The van der Waals surface area contributed by atoms with Gasteiger partial charge in [0.25, 0.3) is 0 Å². The number of carbonyl (C=O) groups excluding carboxylic acids is 2. The van der Waals surface area contributed by atoms with Crippen LogP contribution in [0.25, 0.3) is 6.08 Å². The Morgan fingerprint density at radius 1 is 1.43 bits per heavy atom. The maximum atomic E-state index is 12.5. The number of benzene rings is 1. The number of nitrogens with one attached hydrogen (secondary N) is 1. The molecule has 0 saturated heterocycles. The van der Waals surface area contributed by atoms with Gasteiger partial charge < -0.3 is 19.7 Å². The van der Waals surface area contributed by atoms with Crippen LogP contribution in [0.1, 0.15) is 28.5 Å². The summed E-state index contributed by atoms with van der Waals surface area (Å²) in [5, 5.41) is 12.9. The third-order valence-electron chi connectivity index (χ3n) is 4.54. The first kappa shape index (κ1) is 21.9. The number of hydrogen-bond acceptors (Lipinski definition) is 6. The molecule has 0 spiro atoms. The van der Waals surface area contributed by atoms with E-state index >= 15 is 0 Å². The Bertz CT molecular complexity index is 1040. The van der Waals surface area contributed by atoms with E-state index in [2.05, 4.69) is 27.3 Å². The first-order valence-electron chi connectivity index (χ1n) is 9.25. The number of hydrogen-bond donors (Lipinski definition) is 1. The van der Waals surface area contributed by atoms with E-state index < -0.39 is 0 Å². The number of fused-ring (bicyclic) bond motifs is 1. The minimum absolute atomic E-state index is 0.312. The third-order valence-corrected chi connectivity index (χ3v) is 6.16. The van der Waals surface area contributed by atoms with Crippen molar-refractivity contribution in [1.82, 2.24) is 4.90 Å². The second-order valence-electron chi connectivity index (χ2n) is 6.40. The number of amides is 2. The van der Waals surface area contributed by atoms with Gasteiger partial charge in [-0.3, -0.25) is 4.79 Å². The van der Waals surface area contributed by atoms with Gasteiger partial charge in [0.15, 0.2) is 0 Å². The van der Waals surface area contributed by atoms with Crippen molar-refractivity contribution in [3.63, 3.8) is 0 Å². The molecule has 0 radical (unpaired) electrons. The summed E-state index contributed by atoms with van der Waals surface area (Å²) in [6, 6.07) is 7.69. The summed E-state index contributed by atoms with van der Waals surface area (Å²) < 4.78 is 11.2. The number of nitrogens with zero attached hydrogens (tertiary/aromatic N) is 2. The molecule has 0 aliphatic carbocycles. The second-order valence-corrected chi connectivity index (χ2v) is 8.42. The highest BCUT2D eigenvalue weighted by Gasteiger charge is 2.27. The van der Waals surface area contributed by atoms with Crippen molar-refractivity contribution in [2.24, 2.45) is 0 Å². The van der Waals surface area contributed by atoms with Gasteiger partial charge in [0.2, 0.25) is 5.91 Å². The topological polar surface area (TPSA) is 91.7 Å². The van der Waals surface area contributed by atoms with Gasteiger partial charge in [-0.15, -0.1) is 11.3 Å². The van der Waals surface area contributed by atoms with Crippen LogP contribution in [0.15, 0.2) is 28.7 Å². The zero-order valence-corrected chi connectivity index (χ0v) is 18.9. The standard InChI is InChI=1S/C21H20BrN3O4S/c1-3-29-21(27)25-9-8-15-16(11-23)20(30-18(15)12-25)24-19(26)7-4-13-10-14(22)5-6-17(13)28-2/h4-7,10H,3,8-9,12H2,1-2H3,(H,24,26). The Morgan fingerprint density at radius 3 is 2.93 bits per heavy atom. The number of nitriles is 1. The summed E-state index contributed by atoms with van der Waals surface area (Å²) in [6.07, 6.45) is 3.23. The van der Waals surface area contributed by atoms with Crippen LogP contribution >= 0.6 is 27.3 Å². The number of halogens is 1. The van der Waals surface area contributed by atoms with Crippen molar-refractivity contribution in [2.45, 2.75) is 19.9 Å². The van der Waals surface area contributed by atoms with Gasteiger partial charge in [0, 0.05) is 27.5 Å². The Balaban J connectivity index is 1.76. The molecule has 156 valence electrons. The van der Waals surface area contributed by atoms with Crippen molar-refractivity contribution < 1.29 is 19.1 Å². The lowest BCUT2D eigenvalue weighted by Crippen LogP contribution is -2.35. The van der Waals surface area contributed by atoms with Crippen LogP contribution in [-0.2, 0) is 22.5 Å². The fourth-order valence-corrected chi connectivity index (χ4v) is 4.73. The van der Waals surface area contributed by atoms with E-state index in [1.165, 1.54) is 17.4 Å². The molecule has 1 aromatic heterocycles. The molecular formula is C21H20BrN3O4S. The fraction of sp³-hybridized carbons (Fsp3) is 0.286. The minimum Gasteiger partial charge on any atom is -0.496 e. The Labute approximate surface area is 187 Å². The molecule has 0 unspecified atom stereocenters. The molecule has 9 heteroatoms. The van der Waals surface area contributed by atoms with E-state index in [-0.39, 0.29) is 12.0 Å². The lowest BCUT2D eigenvalue weighted by molar-refractivity contribution is -0.111. The number of methoxy groups -OCH3 is 1. The van der Waals surface area contributed by atoms with Crippen LogP contribution in [0.3, 0.4) is 0 Å². The molecule has 0 fully saturated rings. The molecule has 2 amide bonds. The number of thiophene rings is 1. The van der Waals surface area contributed by atoms with Crippen LogP contribution in [0.5, 0.6) is 5.75 Å². The second kappa shape index (κ2) is 9.78. The SMILES string of the molecule is CCOC(=O)N1CCc2c(sc(NC(=O)C=Cc3cc(Br)ccc3OC)c2C#N)C1. The fourth-order valence-electron chi connectivity index (χ4n) is 3.13. The van der Waals surface area contributed by atoms with Gasteiger partial charge in [-0.05, 0) is 43.2 Å². The summed E-state index contributed by atoms with van der Waals surface area (Å²) >= 11 is 4.72. The van der Waals surface area contributed by atoms with Crippen LogP contribution in [0, 0.1) is 11.3 Å². The van der Waals surface area contributed by atoms with E-state index in [1.54, 1.807) is 31.1 Å². The van der Waals surface area contributed by atoms with Crippen LogP contribution in [-0.4, -0.2) is 37.2 Å². The van der Waals surface area contributed by atoms with Crippen molar-refractivity contribution >= 4 is 50.3 Å². The summed E-state index contributed by atoms with van der Waals surface area (Å²) in [7, 11) is 1.57. The van der Waals surface area contributed by atoms with Gasteiger partial charge in [-0.1, -0.05) is 15.9 Å². The van der Waals surface area contributed by atoms with E-state index in [9.17, 15) is 14.9 Å². The van der Waals surface area contributed by atoms with Crippen molar-refractivity contribution in [3.8, 4) is 11.8 Å². The maximum Gasteiger partial charge on any atom is 0.410 e. The zero-order chi connectivity index (χ0) is 21.7. The van der Waals surface area contributed by atoms with Gasteiger partial charge in [-0.25, -0.2) is 4.79 Å². The lowest BCUT2D eigenvalue weighted by atomic mass is 10.0. The van der Waals surface area contributed by atoms with Crippen LogP contribution < -0.4 is 10.1 Å². The van der Waals surface area contributed by atoms with E-state index in [0.717, 1.165) is 20.5 Å². The number of anilines is 1. The molecule has 0 saturated carbocycles. The highest BCUT2D eigenvalue weighted by molar-refractivity contribution is 9.10. The molecule has 3 rings (SSSR count). The monoisotopic (exact) mass is 489 g/mol. The Morgan fingerprint density at radius 2 is 2.23 bits per heavy atom. The van der Waals surface area contributed by atoms with Crippen molar-refractivity contribution in [2.75, 3.05) is 25.6 Å². The zero-order valence-electron chi connectivity index (χ0n) is 16.5. The highest BCUT2D eigenvalue weighted by atomic mass is 79.9. The molecule has 1 aliphatic heterocycles. The van der Waals surface area contributed by atoms with Gasteiger partial charge >= 0.3 is 6.09 Å². The molecule has 0 atom stereocenters. The van der Waals surface area contributed by atoms with E-state index in [1.807, 2.05) is 12.1 Å². The molecule has 7 nitrogen and oxygen atoms in total. The third kappa shape index (κ3) is 4.83. The average molecular weight is 490 g/mol. The quantitative estimate of drug-likeness (QED) is 0.621. The Kier molecular flexibility index (Phi) is 7.13. The first-order chi connectivity index (χ1) is 14.5. The summed E-state index contributed by atoms with van der Waals surface area (Å²) in [5.41, 5.74) is 2.09. The molecule has 1 N–H and O–H groups in total. The van der Waals surface area contributed by atoms with Crippen molar-refractivity contribution in [1.29, 1.82) is 5.26 Å². The number of ether oxygens (including phenoxy) is 2. The van der Waals surface area contributed by atoms with Gasteiger partial charge in [0.05, 0.1) is 25.8 Å². The average Bonchev–Trinajstić information content (AvgIpc) is 3.08. The van der Waals surface area contributed by atoms with E-state index in [0.29, 0.717) is 42.4 Å². The maximum absolute atomic E-state index is 12.5. The summed E-state index contributed by atoms with van der Waals surface area (Å²) in [6.45, 7) is 2.92. The van der Waals surface area contributed by atoms with Gasteiger partial charge in [-0.2, -0.15) is 5.26 Å². The molecular weight excluding hydrogens is 470 g/mol. The molecule has 0 bridgehead atoms. The largest absolute Gasteiger partial charge is 0.496 e. The van der Waals surface area contributed by atoms with E-state index in [4.69, 9.17) is 9.47 Å². The minimum atomic E-state index is -0.369. The predicted octanol–water partition coefficient (Wildman–Crippen LogP) is 4.56.